The number of aromatic amines is 1. The van der Waals surface area contributed by atoms with Gasteiger partial charge in [-0.15, -0.1) is 23.1 Å². The van der Waals surface area contributed by atoms with E-state index in [1.807, 2.05) is 30.5 Å². The van der Waals surface area contributed by atoms with E-state index in [-0.39, 0.29) is 17.9 Å². The van der Waals surface area contributed by atoms with Gasteiger partial charge in [0.05, 0.1) is 5.39 Å². The number of fused-ring (bicyclic) bond motifs is 3. The summed E-state index contributed by atoms with van der Waals surface area (Å²) in [6, 6.07) is 7.74. The molecular weight excluding hydrogens is 366 g/mol. The summed E-state index contributed by atoms with van der Waals surface area (Å²) in [5.41, 5.74) is 1.89. The van der Waals surface area contributed by atoms with Gasteiger partial charge in [0.15, 0.2) is 0 Å². The van der Waals surface area contributed by atoms with E-state index < -0.39 is 0 Å². The average molecular weight is 386 g/mol. The molecule has 1 aliphatic rings. The predicted molar refractivity (Wildman–Crippen MR) is 107 cm³/mol. The van der Waals surface area contributed by atoms with Crippen LogP contribution in [0, 0.1) is 0 Å². The quantitative estimate of drug-likeness (QED) is 0.656. The molecular formula is C19H19N3O2S2. The fourth-order valence-electron chi connectivity index (χ4n) is 3.32. The topological polar surface area (TPSA) is 74.8 Å². The van der Waals surface area contributed by atoms with Gasteiger partial charge in [-0.1, -0.05) is 6.07 Å². The van der Waals surface area contributed by atoms with Crippen LogP contribution < -0.4 is 10.9 Å². The first-order valence-corrected chi connectivity index (χ1v) is 10.7. The van der Waals surface area contributed by atoms with Crippen molar-refractivity contribution in [2.75, 3.05) is 11.6 Å². The Labute approximate surface area is 159 Å². The molecule has 134 valence electrons. The molecule has 0 bridgehead atoms. The lowest BCUT2D eigenvalue weighted by molar-refractivity contribution is -0.116. The minimum Gasteiger partial charge on any atom is -0.326 e. The summed E-state index contributed by atoms with van der Waals surface area (Å²) in [7, 11) is 0. The molecule has 0 radical (unpaired) electrons. The van der Waals surface area contributed by atoms with E-state index in [1.165, 1.54) is 10.4 Å². The molecule has 0 spiro atoms. The first kappa shape index (κ1) is 17.3. The van der Waals surface area contributed by atoms with Crippen molar-refractivity contribution in [1.82, 2.24) is 9.97 Å². The van der Waals surface area contributed by atoms with Gasteiger partial charge in [0.25, 0.3) is 5.56 Å². The molecule has 2 N–H and O–H groups in total. The average Bonchev–Trinajstić information content (AvgIpc) is 3.20. The van der Waals surface area contributed by atoms with E-state index in [1.54, 1.807) is 23.1 Å². The number of aryl methyl sites for hydroxylation is 3. The molecule has 0 atom stereocenters. The Morgan fingerprint density at radius 3 is 3.12 bits per heavy atom. The zero-order valence-corrected chi connectivity index (χ0v) is 16.1. The van der Waals surface area contributed by atoms with Gasteiger partial charge in [0, 0.05) is 28.3 Å². The lowest BCUT2D eigenvalue weighted by Crippen LogP contribution is -2.16. The summed E-state index contributed by atoms with van der Waals surface area (Å²) in [6.45, 7) is 0. The molecule has 1 aliphatic carbocycles. The van der Waals surface area contributed by atoms with Crippen molar-refractivity contribution < 1.29 is 4.79 Å². The number of thioether (sulfide) groups is 1. The maximum Gasteiger partial charge on any atom is 0.259 e. The van der Waals surface area contributed by atoms with Crippen LogP contribution in [-0.2, 0) is 24.1 Å². The lowest BCUT2D eigenvalue weighted by Gasteiger charge is -2.06. The van der Waals surface area contributed by atoms with Gasteiger partial charge in [-0.25, -0.2) is 4.98 Å². The van der Waals surface area contributed by atoms with Crippen molar-refractivity contribution in [3.8, 4) is 0 Å². The summed E-state index contributed by atoms with van der Waals surface area (Å²) < 4.78 is 0. The number of hydrogen-bond acceptors (Lipinski definition) is 5. The van der Waals surface area contributed by atoms with Crippen molar-refractivity contribution in [1.29, 1.82) is 0 Å². The molecule has 0 saturated heterocycles. The molecule has 0 fully saturated rings. The highest BCUT2D eigenvalue weighted by Crippen LogP contribution is 2.34. The van der Waals surface area contributed by atoms with Crippen LogP contribution in [0.4, 0.5) is 5.69 Å². The summed E-state index contributed by atoms with van der Waals surface area (Å²) in [5.74, 6) is 0.495. The Morgan fingerprint density at radius 1 is 1.38 bits per heavy atom. The maximum atomic E-state index is 12.4. The Morgan fingerprint density at radius 2 is 2.27 bits per heavy atom. The summed E-state index contributed by atoms with van der Waals surface area (Å²) in [4.78, 5) is 35.3. The van der Waals surface area contributed by atoms with Crippen LogP contribution in [0.25, 0.3) is 10.2 Å². The highest BCUT2D eigenvalue weighted by molar-refractivity contribution is 7.98. The monoisotopic (exact) mass is 385 g/mol. The highest BCUT2D eigenvalue weighted by Gasteiger charge is 2.21. The van der Waals surface area contributed by atoms with E-state index in [4.69, 9.17) is 0 Å². The minimum absolute atomic E-state index is 0.0718. The van der Waals surface area contributed by atoms with E-state index in [0.29, 0.717) is 12.2 Å². The van der Waals surface area contributed by atoms with Crippen LogP contribution in [-0.4, -0.2) is 22.1 Å². The number of benzene rings is 1. The molecule has 0 unspecified atom stereocenters. The van der Waals surface area contributed by atoms with Gasteiger partial charge >= 0.3 is 0 Å². The third-order valence-corrected chi connectivity index (χ3v) is 6.48. The van der Waals surface area contributed by atoms with Gasteiger partial charge in [0.2, 0.25) is 5.91 Å². The predicted octanol–water partition coefficient (Wildman–Crippen LogP) is 3.77. The summed E-state index contributed by atoms with van der Waals surface area (Å²) >= 11 is 3.25. The van der Waals surface area contributed by atoms with Crippen LogP contribution >= 0.6 is 23.1 Å². The van der Waals surface area contributed by atoms with Crippen molar-refractivity contribution in [2.45, 2.75) is 37.0 Å². The SMILES string of the molecule is CSc1cccc(NC(=O)CCc2nc3sc4c(c3c(=O)[nH]2)CCC4)c1. The first-order chi connectivity index (χ1) is 12.6. The minimum atomic E-state index is -0.0836. The zero-order valence-electron chi connectivity index (χ0n) is 14.4. The van der Waals surface area contributed by atoms with Crippen molar-refractivity contribution in [2.24, 2.45) is 0 Å². The van der Waals surface area contributed by atoms with Crippen molar-refractivity contribution >= 4 is 44.9 Å². The maximum absolute atomic E-state index is 12.4. The van der Waals surface area contributed by atoms with Gasteiger partial charge in [-0.3, -0.25) is 9.59 Å². The molecule has 0 aliphatic heterocycles. The number of rotatable bonds is 5. The molecule has 2 heterocycles. The molecule has 2 aromatic heterocycles. The highest BCUT2D eigenvalue weighted by atomic mass is 32.2. The third-order valence-electron chi connectivity index (χ3n) is 4.57. The summed E-state index contributed by atoms with van der Waals surface area (Å²) in [5, 5.41) is 3.65. The van der Waals surface area contributed by atoms with Crippen molar-refractivity contribution in [3.63, 3.8) is 0 Å². The Bertz CT molecular complexity index is 1040. The second-order valence-electron chi connectivity index (χ2n) is 6.33. The number of thiophene rings is 1. The molecule has 26 heavy (non-hydrogen) atoms. The number of hydrogen-bond donors (Lipinski definition) is 2. The van der Waals surface area contributed by atoms with Gasteiger partial charge < -0.3 is 10.3 Å². The smallest absolute Gasteiger partial charge is 0.259 e. The van der Waals surface area contributed by atoms with Crippen LogP contribution in [0.1, 0.15) is 29.1 Å². The van der Waals surface area contributed by atoms with Gasteiger partial charge in [0.1, 0.15) is 10.7 Å². The number of nitrogens with zero attached hydrogens (tertiary/aromatic N) is 1. The van der Waals surface area contributed by atoms with Crippen LogP contribution in [0.2, 0.25) is 0 Å². The number of anilines is 1. The Kier molecular flexibility index (Phi) is 4.82. The third kappa shape index (κ3) is 3.41. The fourth-order valence-corrected chi connectivity index (χ4v) is 5.06. The number of carbonyl (C=O) groups excluding carboxylic acids is 1. The zero-order chi connectivity index (χ0) is 18.1. The number of amides is 1. The second kappa shape index (κ2) is 7.25. The van der Waals surface area contributed by atoms with E-state index >= 15 is 0 Å². The van der Waals surface area contributed by atoms with E-state index in [9.17, 15) is 9.59 Å². The second-order valence-corrected chi connectivity index (χ2v) is 8.29. The normalized spacial score (nSPS) is 13.1. The Balaban J connectivity index is 1.46. The number of carbonyl (C=O) groups is 1. The molecule has 5 nitrogen and oxygen atoms in total. The molecule has 1 amide bonds. The Hall–Kier alpha value is -2.12. The lowest BCUT2D eigenvalue weighted by atomic mass is 10.2. The first-order valence-electron chi connectivity index (χ1n) is 8.61. The molecule has 1 aromatic carbocycles. The number of aromatic nitrogens is 2. The van der Waals surface area contributed by atoms with Crippen LogP contribution in [0.5, 0.6) is 0 Å². The largest absolute Gasteiger partial charge is 0.326 e. The fraction of sp³-hybridized carbons (Fsp3) is 0.316. The summed E-state index contributed by atoms with van der Waals surface area (Å²) in [6.07, 6.45) is 5.83. The van der Waals surface area contributed by atoms with Gasteiger partial charge in [-0.2, -0.15) is 0 Å². The van der Waals surface area contributed by atoms with Crippen molar-refractivity contribution in [3.05, 3.63) is 50.9 Å². The molecule has 0 saturated carbocycles. The molecule has 4 rings (SSSR count). The van der Waals surface area contributed by atoms with E-state index in [2.05, 4.69) is 15.3 Å². The number of nitrogens with one attached hydrogen (secondary N) is 2. The van der Waals surface area contributed by atoms with Crippen LogP contribution in [0.15, 0.2) is 34.0 Å². The molecule has 3 aromatic rings. The van der Waals surface area contributed by atoms with E-state index in [0.717, 1.165) is 40.1 Å². The number of H-pyrrole nitrogens is 1. The van der Waals surface area contributed by atoms with Crippen LogP contribution in [0.3, 0.4) is 0 Å². The molecule has 7 heteroatoms. The standard InChI is InChI=1S/C19H19N3O2S2/c1-25-12-5-2-4-11(10-12)20-16(23)9-8-15-21-18(24)17-13-6-3-7-14(13)26-19(17)22-15/h2,4-5,10H,3,6-9H2,1H3,(H,20,23)(H,21,22,24). The van der Waals surface area contributed by atoms with Gasteiger partial charge in [-0.05, 0) is 49.3 Å².